The van der Waals surface area contributed by atoms with Crippen LogP contribution in [0.25, 0.3) is 0 Å². The maximum atomic E-state index is 12.3. The van der Waals surface area contributed by atoms with Crippen molar-refractivity contribution in [1.29, 1.82) is 0 Å². The zero-order valence-corrected chi connectivity index (χ0v) is 12.3. The van der Waals surface area contributed by atoms with E-state index in [0.717, 1.165) is 31.0 Å². The van der Waals surface area contributed by atoms with E-state index < -0.39 is 0 Å². The molecule has 0 unspecified atom stereocenters. The maximum Gasteiger partial charge on any atom is 0.222 e. The van der Waals surface area contributed by atoms with Crippen LogP contribution >= 0.6 is 0 Å². The van der Waals surface area contributed by atoms with Gasteiger partial charge in [-0.25, -0.2) is 0 Å². The lowest BCUT2D eigenvalue weighted by Crippen LogP contribution is -2.29. The molecule has 20 heavy (non-hydrogen) atoms. The summed E-state index contributed by atoms with van der Waals surface area (Å²) < 4.78 is 2.17. The molecule has 5 nitrogen and oxygen atoms in total. The van der Waals surface area contributed by atoms with Crippen molar-refractivity contribution in [2.24, 2.45) is 5.92 Å². The first-order valence-corrected chi connectivity index (χ1v) is 7.89. The second kappa shape index (κ2) is 5.94. The Balaban J connectivity index is 1.55. The Morgan fingerprint density at radius 1 is 1.25 bits per heavy atom. The van der Waals surface area contributed by atoms with Crippen LogP contribution in [0.4, 0.5) is 0 Å². The van der Waals surface area contributed by atoms with Gasteiger partial charge in [-0.15, -0.1) is 10.2 Å². The molecule has 5 heteroatoms. The fourth-order valence-corrected chi connectivity index (χ4v) is 3.42. The zero-order chi connectivity index (χ0) is 13.9. The summed E-state index contributed by atoms with van der Waals surface area (Å²) >= 11 is 0. The smallest absolute Gasteiger partial charge is 0.222 e. The summed E-state index contributed by atoms with van der Waals surface area (Å²) in [5, 5.41) is 8.43. The van der Waals surface area contributed by atoms with Gasteiger partial charge in [0.05, 0.1) is 6.54 Å². The number of aryl methyl sites for hydroxylation is 1. The Morgan fingerprint density at radius 2 is 2.05 bits per heavy atom. The highest BCUT2D eigenvalue weighted by molar-refractivity contribution is 5.76. The monoisotopic (exact) mass is 276 g/mol. The molecule has 1 aliphatic carbocycles. The lowest BCUT2D eigenvalue weighted by molar-refractivity contribution is -0.131. The molecule has 1 amide bonds. The van der Waals surface area contributed by atoms with Crippen LogP contribution in [0.3, 0.4) is 0 Å². The van der Waals surface area contributed by atoms with E-state index in [2.05, 4.69) is 14.8 Å². The van der Waals surface area contributed by atoms with Gasteiger partial charge in [0.2, 0.25) is 5.91 Å². The highest BCUT2D eigenvalue weighted by atomic mass is 16.2. The summed E-state index contributed by atoms with van der Waals surface area (Å²) in [7, 11) is 1.89. The molecule has 0 aromatic carbocycles. The maximum absolute atomic E-state index is 12.3. The van der Waals surface area contributed by atoms with Gasteiger partial charge in [-0.3, -0.25) is 4.79 Å². The van der Waals surface area contributed by atoms with Gasteiger partial charge in [0.25, 0.3) is 0 Å². The van der Waals surface area contributed by atoms with Gasteiger partial charge < -0.3 is 9.47 Å². The summed E-state index contributed by atoms with van der Waals surface area (Å²) in [5.41, 5.74) is 0. The lowest BCUT2D eigenvalue weighted by atomic mass is 9.87. The van der Waals surface area contributed by atoms with E-state index in [0.29, 0.717) is 18.9 Å². The van der Waals surface area contributed by atoms with Crippen LogP contribution in [0.15, 0.2) is 0 Å². The van der Waals surface area contributed by atoms with Crippen LogP contribution in [0.1, 0.15) is 56.6 Å². The number of nitrogens with zero attached hydrogens (tertiary/aromatic N) is 4. The van der Waals surface area contributed by atoms with Gasteiger partial charge in [0.15, 0.2) is 5.82 Å². The molecule has 0 radical (unpaired) electrons. The molecule has 110 valence electrons. The largest absolute Gasteiger partial charge is 0.338 e. The van der Waals surface area contributed by atoms with Crippen LogP contribution in [0, 0.1) is 5.92 Å². The number of amides is 1. The van der Waals surface area contributed by atoms with E-state index in [1.807, 2.05) is 11.9 Å². The van der Waals surface area contributed by atoms with Crippen LogP contribution in [-0.2, 0) is 24.3 Å². The molecule has 1 fully saturated rings. The second-order valence-electron chi connectivity index (χ2n) is 6.25. The molecule has 0 N–H and O–H groups in total. The quantitative estimate of drug-likeness (QED) is 0.846. The minimum absolute atomic E-state index is 0.257. The van der Waals surface area contributed by atoms with Crippen molar-refractivity contribution in [3.8, 4) is 0 Å². The minimum Gasteiger partial charge on any atom is -0.338 e. The predicted octanol–water partition coefficient (Wildman–Crippen LogP) is 2.15. The van der Waals surface area contributed by atoms with E-state index in [-0.39, 0.29) is 5.91 Å². The lowest BCUT2D eigenvalue weighted by Gasteiger charge is -2.24. The van der Waals surface area contributed by atoms with Crippen LogP contribution in [-0.4, -0.2) is 32.6 Å². The fraction of sp³-hybridized carbons (Fsp3) is 0.800. The van der Waals surface area contributed by atoms with E-state index in [1.165, 1.54) is 32.1 Å². The summed E-state index contributed by atoms with van der Waals surface area (Å²) in [6, 6.07) is 0. The average molecular weight is 276 g/mol. The van der Waals surface area contributed by atoms with Crippen LogP contribution in [0.2, 0.25) is 0 Å². The Morgan fingerprint density at radius 3 is 2.85 bits per heavy atom. The molecule has 0 bridgehead atoms. The first-order valence-electron chi connectivity index (χ1n) is 7.89. The van der Waals surface area contributed by atoms with Gasteiger partial charge in [0, 0.05) is 26.4 Å². The van der Waals surface area contributed by atoms with E-state index >= 15 is 0 Å². The first-order chi connectivity index (χ1) is 9.74. The predicted molar refractivity (Wildman–Crippen MR) is 76.0 cm³/mol. The van der Waals surface area contributed by atoms with Crippen molar-refractivity contribution in [1.82, 2.24) is 19.7 Å². The number of hydrogen-bond donors (Lipinski definition) is 0. The van der Waals surface area contributed by atoms with Crippen molar-refractivity contribution in [3.05, 3.63) is 11.6 Å². The number of hydrogen-bond acceptors (Lipinski definition) is 3. The molecule has 2 aliphatic rings. The third kappa shape index (κ3) is 2.86. The van der Waals surface area contributed by atoms with Crippen molar-refractivity contribution < 1.29 is 4.79 Å². The van der Waals surface area contributed by atoms with Gasteiger partial charge in [-0.1, -0.05) is 19.3 Å². The molecule has 1 saturated carbocycles. The fourth-order valence-electron chi connectivity index (χ4n) is 3.42. The third-order valence-corrected chi connectivity index (χ3v) is 4.68. The van der Waals surface area contributed by atoms with Crippen molar-refractivity contribution in [2.45, 2.75) is 64.5 Å². The Labute approximate surface area is 120 Å². The van der Waals surface area contributed by atoms with Crippen molar-refractivity contribution in [2.75, 3.05) is 7.05 Å². The van der Waals surface area contributed by atoms with E-state index in [4.69, 9.17) is 0 Å². The van der Waals surface area contributed by atoms with Crippen LogP contribution < -0.4 is 0 Å². The number of carbonyl (C=O) groups excluding carboxylic acids is 1. The van der Waals surface area contributed by atoms with Gasteiger partial charge >= 0.3 is 0 Å². The molecule has 1 aliphatic heterocycles. The minimum atomic E-state index is 0.257. The summed E-state index contributed by atoms with van der Waals surface area (Å²) in [4.78, 5) is 14.1. The number of aromatic nitrogens is 3. The zero-order valence-electron chi connectivity index (χ0n) is 12.3. The van der Waals surface area contributed by atoms with Gasteiger partial charge in [-0.2, -0.15) is 0 Å². The van der Waals surface area contributed by atoms with Gasteiger partial charge in [0.1, 0.15) is 5.82 Å². The molecule has 0 saturated heterocycles. The third-order valence-electron chi connectivity index (χ3n) is 4.68. The summed E-state index contributed by atoms with van der Waals surface area (Å²) in [6.07, 6.45) is 9.24. The van der Waals surface area contributed by atoms with Gasteiger partial charge in [-0.05, 0) is 25.2 Å². The number of carbonyl (C=O) groups is 1. The highest BCUT2D eigenvalue weighted by Crippen LogP contribution is 2.27. The molecule has 1 aromatic rings. The molecular weight excluding hydrogens is 252 g/mol. The topological polar surface area (TPSA) is 51.0 Å². The number of fused-ring (bicyclic) bond motifs is 1. The molecule has 0 spiro atoms. The van der Waals surface area contributed by atoms with E-state index in [1.54, 1.807) is 0 Å². The molecular formula is C15H24N4O. The first kappa shape index (κ1) is 13.6. The average Bonchev–Trinajstić information content (AvgIpc) is 3.05. The van der Waals surface area contributed by atoms with Crippen molar-refractivity contribution in [3.63, 3.8) is 0 Å². The van der Waals surface area contributed by atoms with Crippen molar-refractivity contribution >= 4 is 5.91 Å². The second-order valence-corrected chi connectivity index (χ2v) is 6.25. The Bertz CT molecular complexity index is 476. The molecule has 0 atom stereocenters. The summed E-state index contributed by atoms with van der Waals surface area (Å²) in [6.45, 7) is 1.60. The number of rotatable bonds is 4. The summed E-state index contributed by atoms with van der Waals surface area (Å²) in [5.74, 6) is 2.88. The Kier molecular flexibility index (Phi) is 4.03. The molecule has 3 rings (SSSR count). The SMILES string of the molecule is CN(Cc1nnc2n1CCC2)C(=O)CC1CCCCC1. The standard InChI is InChI=1S/C15H24N4O/c1-18(15(20)10-12-6-3-2-4-7-12)11-14-17-16-13-8-5-9-19(13)14/h12H,2-11H2,1H3. The normalized spacial score (nSPS) is 19.1. The van der Waals surface area contributed by atoms with E-state index in [9.17, 15) is 4.79 Å². The van der Waals surface area contributed by atoms with Crippen LogP contribution in [0.5, 0.6) is 0 Å². The molecule has 2 heterocycles. The highest BCUT2D eigenvalue weighted by Gasteiger charge is 2.22. The Hall–Kier alpha value is -1.39. The molecule has 1 aromatic heterocycles.